The van der Waals surface area contributed by atoms with E-state index in [0.717, 1.165) is 0 Å². The van der Waals surface area contributed by atoms with Crippen LogP contribution >= 0.6 is 0 Å². The highest BCUT2D eigenvalue weighted by Gasteiger charge is 2.26. The fourth-order valence-corrected chi connectivity index (χ4v) is 2.08. The van der Waals surface area contributed by atoms with E-state index >= 15 is 0 Å². The lowest BCUT2D eigenvalue weighted by Crippen LogP contribution is -2.53. The second-order valence-electron chi connectivity index (χ2n) is 7.54. The Morgan fingerprint density at radius 3 is 1.95 bits per heavy atom. The molecule has 21 heavy (non-hydrogen) atoms. The molecule has 0 aliphatic carbocycles. The van der Waals surface area contributed by atoms with Crippen molar-refractivity contribution in [2.24, 2.45) is 0 Å². The van der Waals surface area contributed by atoms with Crippen LogP contribution in [0.3, 0.4) is 0 Å². The summed E-state index contributed by atoms with van der Waals surface area (Å²) in [5.41, 5.74) is -0.684. The minimum atomic E-state index is -0.471. The number of carbonyl (C=O) groups excluding carboxylic acids is 2. The van der Waals surface area contributed by atoms with Crippen molar-refractivity contribution in [3.63, 3.8) is 0 Å². The molecule has 1 aliphatic heterocycles. The number of ether oxygens (including phenoxy) is 1. The van der Waals surface area contributed by atoms with E-state index in [1.165, 1.54) is 0 Å². The Labute approximate surface area is 127 Å². The van der Waals surface area contributed by atoms with Gasteiger partial charge in [-0.3, -0.25) is 9.69 Å². The van der Waals surface area contributed by atoms with Crippen LogP contribution in [0, 0.1) is 0 Å². The summed E-state index contributed by atoms with van der Waals surface area (Å²) in [5.74, 6) is 0.0215. The lowest BCUT2D eigenvalue weighted by Gasteiger charge is -2.35. The Morgan fingerprint density at radius 2 is 1.52 bits per heavy atom. The molecule has 122 valence electrons. The molecule has 1 rings (SSSR count). The predicted molar refractivity (Wildman–Crippen MR) is 82.1 cm³/mol. The first-order valence-electron chi connectivity index (χ1n) is 7.47. The van der Waals surface area contributed by atoms with Crippen LogP contribution in [0.2, 0.25) is 0 Å². The Morgan fingerprint density at radius 1 is 1.00 bits per heavy atom. The van der Waals surface area contributed by atoms with Crippen LogP contribution in [0.5, 0.6) is 0 Å². The number of nitrogens with zero attached hydrogens (tertiary/aromatic N) is 2. The molecule has 1 fully saturated rings. The van der Waals surface area contributed by atoms with Crippen molar-refractivity contribution in [3.05, 3.63) is 0 Å². The van der Waals surface area contributed by atoms with Crippen LogP contribution < -0.4 is 5.32 Å². The number of amides is 2. The molecule has 0 unspecified atom stereocenters. The molecule has 1 saturated heterocycles. The summed E-state index contributed by atoms with van der Waals surface area (Å²) in [4.78, 5) is 27.6. The van der Waals surface area contributed by atoms with Crippen LogP contribution in [0.1, 0.15) is 41.5 Å². The summed E-state index contributed by atoms with van der Waals surface area (Å²) >= 11 is 0. The van der Waals surface area contributed by atoms with E-state index in [9.17, 15) is 9.59 Å². The molecule has 0 atom stereocenters. The Hall–Kier alpha value is -1.30. The molecule has 1 heterocycles. The van der Waals surface area contributed by atoms with Crippen molar-refractivity contribution < 1.29 is 14.3 Å². The van der Waals surface area contributed by atoms with Gasteiger partial charge in [-0.2, -0.15) is 0 Å². The van der Waals surface area contributed by atoms with Crippen LogP contribution in [-0.2, 0) is 9.53 Å². The average Bonchev–Trinajstić information content (AvgIpc) is 2.24. The molecular weight excluding hydrogens is 270 g/mol. The Kier molecular flexibility index (Phi) is 5.61. The first-order valence-corrected chi connectivity index (χ1v) is 7.47. The topological polar surface area (TPSA) is 61.9 Å². The van der Waals surface area contributed by atoms with Crippen molar-refractivity contribution in [2.75, 3.05) is 32.7 Å². The molecule has 0 aromatic carbocycles. The van der Waals surface area contributed by atoms with Gasteiger partial charge in [0, 0.05) is 31.7 Å². The number of nitrogens with one attached hydrogen (secondary N) is 1. The summed E-state index contributed by atoms with van der Waals surface area (Å²) in [5, 5.41) is 2.95. The van der Waals surface area contributed by atoms with Gasteiger partial charge in [-0.05, 0) is 41.5 Å². The van der Waals surface area contributed by atoms with E-state index in [4.69, 9.17) is 4.74 Å². The van der Waals surface area contributed by atoms with Gasteiger partial charge in [0.15, 0.2) is 0 Å². The van der Waals surface area contributed by atoms with Crippen LogP contribution in [0.25, 0.3) is 0 Å². The number of hydrogen-bond acceptors (Lipinski definition) is 4. The fraction of sp³-hybridized carbons (Fsp3) is 0.867. The van der Waals surface area contributed by atoms with Crippen LogP contribution in [-0.4, -0.2) is 65.7 Å². The van der Waals surface area contributed by atoms with Crippen molar-refractivity contribution >= 4 is 12.0 Å². The molecule has 0 saturated carbocycles. The lowest BCUT2D eigenvalue weighted by atomic mass is 10.1. The number of hydrogen-bond donors (Lipinski definition) is 1. The van der Waals surface area contributed by atoms with Gasteiger partial charge >= 0.3 is 6.09 Å². The quantitative estimate of drug-likeness (QED) is 0.838. The molecule has 0 aromatic rings. The fourth-order valence-electron chi connectivity index (χ4n) is 2.08. The summed E-state index contributed by atoms with van der Waals surface area (Å²) in [6, 6.07) is 0. The van der Waals surface area contributed by atoms with Gasteiger partial charge in [-0.15, -0.1) is 0 Å². The summed E-state index contributed by atoms with van der Waals surface area (Å²) < 4.78 is 5.35. The molecular formula is C15H29N3O3. The van der Waals surface area contributed by atoms with E-state index in [-0.39, 0.29) is 17.5 Å². The first-order chi connectivity index (χ1) is 9.46. The van der Waals surface area contributed by atoms with E-state index < -0.39 is 5.60 Å². The van der Waals surface area contributed by atoms with E-state index in [2.05, 4.69) is 10.2 Å². The third-order valence-electron chi connectivity index (χ3n) is 2.91. The lowest BCUT2D eigenvalue weighted by molar-refractivity contribution is -0.124. The predicted octanol–water partition coefficient (Wildman–Crippen LogP) is 1.45. The molecule has 0 aromatic heterocycles. The van der Waals surface area contributed by atoms with E-state index in [0.29, 0.717) is 32.7 Å². The molecule has 1 aliphatic rings. The third-order valence-corrected chi connectivity index (χ3v) is 2.91. The maximum Gasteiger partial charge on any atom is 0.410 e. The normalized spacial score (nSPS) is 17.5. The van der Waals surface area contributed by atoms with E-state index in [1.807, 2.05) is 41.5 Å². The highest BCUT2D eigenvalue weighted by atomic mass is 16.6. The summed E-state index contributed by atoms with van der Waals surface area (Å²) in [6.45, 7) is 14.4. The second-order valence-corrected chi connectivity index (χ2v) is 7.54. The Bertz CT molecular complexity index is 375. The van der Waals surface area contributed by atoms with Gasteiger partial charge in [-0.25, -0.2) is 4.79 Å². The monoisotopic (exact) mass is 299 g/mol. The van der Waals surface area contributed by atoms with Crippen LogP contribution in [0.4, 0.5) is 4.79 Å². The third kappa shape index (κ3) is 7.32. The summed E-state index contributed by atoms with van der Waals surface area (Å²) in [7, 11) is 0. The van der Waals surface area contributed by atoms with E-state index in [1.54, 1.807) is 4.90 Å². The molecule has 2 amide bonds. The number of rotatable bonds is 2. The SMILES string of the molecule is CC(C)(C)NC(=O)CN1CCN(C(=O)OC(C)(C)C)CC1. The van der Waals surface area contributed by atoms with Gasteiger partial charge in [0.1, 0.15) is 5.60 Å². The molecule has 6 heteroatoms. The van der Waals surface area contributed by atoms with Crippen molar-refractivity contribution in [2.45, 2.75) is 52.7 Å². The zero-order valence-electron chi connectivity index (χ0n) is 14.2. The smallest absolute Gasteiger partial charge is 0.410 e. The molecule has 0 spiro atoms. The summed E-state index contributed by atoms with van der Waals surface area (Å²) in [6.07, 6.45) is -0.277. The standard InChI is InChI=1S/C15H29N3O3/c1-14(2,3)16-12(19)11-17-7-9-18(10-8-17)13(20)21-15(4,5)6/h7-11H2,1-6H3,(H,16,19). The molecule has 0 radical (unpaired) electrons. The van der Waals surface area contributed by atoms with Gasteiger partial charge in [0.05, 0.1) is 6.54 Å². The van der Waals surface area contributed by atoms with Gasteiger partial charge in [0.2, 0.25) is 5.91 Å². The molecule has 6 nitrogen and oxygen atoms in total. The van der Waals surface area contributed by atoms with Gasteiger partial charge < -0.3 is 15.0 Å². The van der Waals surface area contributed by atoms with Crippen molar-refractivity contribution in [3.8, 4) is 0 Å². The van der Waals surface area contributed by atoms with Crippen LogP contribution in [0.15, 0.2) is 0 Å². The minimum Gasteiger partial charge on any atom is -0.444 e. The average molecular weight is 299 g/mol. The maximum atomic E-state index is 11.9. The highest BCUT2D eigenvalue weighted by Crippen LogP contribution is 2.11. The largest absolute Gasteiger partial charge is 0.444 e. The first kappa shape index (κ1) is 17.8. The second kappa shape index (κ2) is 6.64. The number of piperazine rings is 1. The zero-order chi connectivity index (χ0) is 16.3. The van der Waals surface area contributed by atoms with Crippen molar-refractivity contribution in [1.82, 2.24) is 15.1 Å². The van der Waals surface area contributed by atoms with Gasteiger partial charge in [-0.1, -0.05) is 0 Å². The Balaban J connectivity index is 2.35. The zero-order valence-corrected chi connectivity index (χ0v) is 14.2. The maximum absolute atomic E-state index is 11.9. The molecule has 0 bridgehead atoms. The van der Waals surface area contributed by atoms with Gasteiger partial charge in [0.25, 0.3) is 0 Å². The molecule has 1 N–H and O–H groups in total. The van der Waals surface area contributed by atoms with Crippen molar-refractivity contribution in [1.29, 1.82) is 0 Å². The highest BCUT2D eigenvalue weighted by molar-refractivity contribution is 5.78. The minimum absolute atomic E-state index is 0.0215. The number of carbonyl (C=O) groups is 2.